The zero-order valence-electron chi connectivity index (χ0n) is 9.57. The highest BCUT2D eigenvalue weighted by Gasteiger charge is 2.40. The van der Waals surface area contributed by atoms with Gasteiger partial charge in [0.15, 0.2) is 5.96 Å². The van der Waals surface area contributed by atoms with Crippen molar-refractivity contribution in [1.29, 1.82) is 0 Å². The summed E-state index contributed by atoms with van der Waals surface area (Å²) >= 11 is 6.04. The van der Waals surface area contributed by atoms with Crippen molar-refractivity contribution in [2.24, 2.45) is 10.7 Å². The molecule has 0 spiro atoms. The van der Waals surface area contributed by atoms with E-state index >= 15 is 0 Å². The highest BCUT2D eigenvalue weighted by atomic mass is 35.5. The van der Waals surface area contributed by atoms with Crippen LogP contribution in [0, 0.1) is 0 Å². The second-order valence-corrected chi connectivity index (χ2v) is 4.57. The number of rotatable bonds is 2. The number of benzene rings is 1. The molecule has 0 radical (unpaired) electrons. The third-order valence-corrected chi connectivity index (χ3v) is 3.67. The Morgan fingerprint density at radius 3 is 2.81 bits per heavy atom. The summed E-state index contributed by atoms with van der Waals surface area (Å²) in [6.45, 7) is 2.84. The molecular weight excluding hydrogens is 222 g/mol. The number of hydrogen-bond acceptors (Lipinski definition) is 3. The van der Waals surface area contributed by atoms with E-state index in [2.05, 4.69) is 18.0 Å². The number of nitrogens with zero attached hydrogens (tertiary/aromatic N) is 2. The molecule has 0 fully saturated rings. The first-order valence-electron chi connectivity index (χ1n) is 5.40. The average Bonchev–Trinajstić information content (AvgIpc) is 2.57. The molecule has 3 nitrogen and oxygen atoms in total. The quantitative estimate of drug-likeness (QED) is 0.857. The predicted molar refractivity (Wildman–Crippen MR) is 67.7 cm³/mol. The van der Waals surface area contributed by atoms with Crippen LogP contribution in [0.2, 0.25) is 5.02 Å². The Bertz CT molecular complexity index is 430. The summed E-state index contributed by atoms with van der Waals surface area (Å²) in [7, 11) is 1.98. The van der Waals surface area contributed by atoms with Gasteiger partial charge in [0.05, 0.1) is 12.1 Å². The molecule has 4 heteroatoms. The molecule has 1 aromatic rings. The maximum atomic E-state index is 6.04. The molecule has 1 atom stereocenters. The summed E-state index contributed by atoms with van der Waals surface area (Å²) in [5.41, 5.74) is 6.89. The predicted octanol–water partition coefficient (Wildman–Crippen LogP) is 2.21. The molecule has 0 aliphatic carbocycles. The highest BCUT2D eigenvalue weighted by Crippen LogP contribution is 2.35. The SMILES string of the molecule is CCC1(c2cccc(Cl)c2)CN=C(N)N1C. The van der Waals surface area contributed by atoms with Crippen LogP contribution in [-0.2, 0) is 5.54 Å². The van der Waals surface area contributed by atoms with Crippen molar-refractivity contribution in [3.05, 3.63) is 34.9 Å². The lowest BCUT2D eigenvalue weighted by Crippen LogP contribution is -2.46. The van der Waals surface area contributed by atoms with Gasteiger partial charge in [-0.25, -0.2) is 0 Å². The molecular formula is C12H16ClN3. The molecule has 1 aliphatic rings. The van der Waals surface area contributed by atoms with E-state index < -0.39 is 0 Å². The molecule has 1 aromatic carbocycles. The van der Waals surface area contributed by atoms with E-state index in [1.54, 1.807) is 0 Å². The molecule has 86 valence electrons. The van der Waals surface area contributed by atoms with Crippen molar-refractivity contribution in [1.82, 2.24) is 4.90 Å². The van der Waals surface area contributed by atoms with Crippen molar-refractivity contribution in [2.75, 3.05) is 13.6 Å². The van der Waals surface area contributed by atoms with E-state index in [0.717, 1.165) is 11.4 Å². The van der Waals surface area contributed by atoms with Gasteiger partial charge in [0.1, 0.15) is 0 Å². The maximum Gasteiger partial charge on any atom is 0.191 e. The van der Waals surface area contributed by atoms with Gasteiger partial charge < -0.3 is 10.6 Å². The first kappa shape index (κ1) is 11.3. The van der Waals surface area contributed by atoms with Crippen LogP contribution < -0.4 is 5.73 Å². The number of aliphatic imine (C=N–C) groups is 1. The van der Waals surface area contributed by atoms with E-state index in [1.165, 1.54) is 5.56 Å². The van der Waals surface area contributed by atoms with Crippen molar-refractivity contribution in [3.8, 4) is 0 Å². The average molecular weight is 238 g/mol. The fraction of sp³-hybridized carbons (Fsp3) is 0.417. The molecule has 0 aromatic heterocycles. The normalized spacial score (nSPS) is 24.7. The number of hydrogen-bond donors (Lipinski definition) is 1. The van der Waals surface area contributed by atoms with Gasteiger partial charge in [0.25, 0.3) is 0 Å². The lowest BCUT2D eigenvalue weighted by Gasteiger charge is -2.36. The monoisotopic (exact) mass is 237 g/mol. The van der Waals surface area contributed by atoms with E-state index in [-0.39, 0.29) is 5.54 Å². The Kier molecular flexibility index (Phi) is 2.80. The number of nitrogens with two attached hydrogens (primary N) is 1. The molecule has 1 unspecified atom stereocenters. The zero-order valence-corrected chi connectivity index (χ0v) is 10.3. The molecule has 0 saturated carbocycles. The maximum absolute atomic E-state index is 6.04. The fourth-order valence-electron chi connectivity index (χ4n) is 2.26. The van der Waals surface area contributed by atoms with Crippen LogP contribution in [-0.4, -0.2) is 24.5 Å². The van der Waals surface area contributed by atoms with Crippen LogP contribution in [0.4, 0.5) is 0 Å². The highest BCUT2D eigenvalue weighted by molar-refractivity contribution is 6.30. The van der Waals surface area contributed by atoms with Crippen molar-refractivity contribution >= 4 is 17.6 Å². The second-order valence-electron chi connectivity index (χ2n) is 4.13. The summed E-state index contributed by atoms with van der Waals surface area (Å²) < 4.78 is 0. The summed E-state index contributed by atoms with van der Waals surface area (Å²) in [6.07, 6.45) is 0.952. The molecule has 0 amide bonds. The minimum absolute atomic E-state index is 0.130. The van der Waals surface area contributed by atoms with E-state index in [1.807, 2.05) is 30.1 Å². The Morgan fingerprint density at radius 2 is 2.31 bits per heavy atom. The summed E-state index contributed by atoms with van der Waals surface area (Å²) in [4.78, 5) is 6.37. The van der Waals surface area contributed by atoms with Crippen LogP contribution in [0.15, 0.2) is 29.3 Å². The van der Waals surface area contributed by atoms with Crippen LogP contribution in [0.25, 0.3) is 0 Å². The fourth-order valence-corrected chi connectivity index (χ4v) is 2.45. The second kappa shape index (κ2) is 3.98. The van der Waals surface area contributed by atoms with Gasteiger partial charge in [-0.3, -0.25) is 4.99 Å². The first-order valence-corrected chi connectivity index (χ1v) is 5.78. The Balaban J connectivity index is 2.44. The Hall–Kier alpha value is -1.22. The van der Waals surface area contributed by atoms with Gasteiger partial charge in [0, 0.05) is 12.1 Å². The van der Waals surface area contributed by atoms with Gasteiger partial charge in [0.2, 0.25) is 0 Å². The summed E-state index contributed by atoms with van der Waals surface area (Å²) in [5.74, 6) is 0.599. The first-order chi connectivity index (χ1) is 7.60. The van der Waals surface area contributed by atoms with Gasteiger partial charge in [-0.2, -0.15) is 0 Å². The van der Waals surface area contributed by atoms with E-state index in [4.69, 9.17) is 17.3 Å². The van der Waals surface area contributed by atoms with E-state index in [9.17, 15) is 0 Å². The molecule has 2 N–H and O–H groups in total. The minimum atomic E-state index is -0.130. The standard InChI is InChI=1S/C12H16ClN3/c1-3-12(8-15-11(14)16(12)2)9-5-4-6-10(13)7-9/h4-7H,3,8H2,1-2H3,(H2,14,15). The molecule has 1 heterocycles. The van der Waals surface area contributed by atoms with Crippen LogP contribution in [0.5, 0.6) is 0 Å². The third-order valence-electron chi connectivity index (χ3n) is 3.44. The molecule has 1 aliphatic heterocycles. The zero-order chi connectivity index (χ0) is 11.8. The summed E-state index contributed by atoms with van der Waals surface area (Å²) in [6, 6.07) is 7.93. The smallest absolute Gasteiger partial charge is 0.191 e. The summed E-state index contributed by atoms with van der Waals surface area (Å²) in [5, 5.41) is 0.754. The molecule has 2 rings (SSSR count). The van der Waals surface area contributed by atoms with Crippen LogP contribution >= 0.6 is 11.6 Å². The van der Waals surface area contributed by atoms with Gasteiger partial charge in [-0.15, -0.1) is 0 Å². The molecule has 16 heavy (non-hydrogen) atoms. The lowest BCUT2D eigenvalue weighted by molar-refractivity contribution is 0.230. The number of guanidine groups is 1. The van der Waals surface area contributed by atoms with Gasteiger partial charge in [-0.05, 0) is 24.1 Å². The largest absolute Gasteiger partial charge is 0.370 e. The topological polar surface area (TPSA) is 41.6 Å². The van der Waals surface area contributed by atoms with Gasteiger partial charge in [-0.1, -0.05) is 30.7 Å². The Morgan fingerprint density at radius 1 is 1.56 bits per heavy atom. The van der Waals surface area contributed by atoms with E-state index in [0.29, 0.717) is 12.5 Å². The van der Waals surface area contributed by atoms with Crippen molar-refractivity contribution < 1.29 is 0 Å². The lowest BCUT2D eigenvalue weighted by atomic mass is 9.87. The Labute approximate surface area is 101 Å². The molecule has 0 bridgehead atoms. The third kappa shape index (κ3) is 1.55. The number of halogens is 1. The van der Waals surface area contributed by atoms with Gasteiger partial charge >= 0.3 is 0 Å². The minimum Gasteiger partial charge on any atom is -0.370 e. The number of likely N-dealkylation sites (N-methyl/N-ethyl adjacent to an activating group) is 1. The van der Waals surface area contributed by atoms with Crippen LogP contribution in [0.3, 0.4) is 0 Å². The van der Waals surface area contributed by atoms with Crippen molar-refractivity contribution in [2.45, 2.75) is 18.9 Å². The van der Waals surface area contributed by atoms with Crippen molar-refractivity contribution in [3.63, 3.8) is 0 Å². The molecule has 0 saturated heterocycles. The van der Waals surface area contributed by atoms with Crippen LogP contribution in [0.1, 0.15) is 18.9 Å².